The quantitative estimate of drug-likeness (QED) is 0.781. The second kappa shape index (κ2) is 7.11. The lowest BCUT2D eigenvalue weighted by Gasteiger charge is -2.22. The van der Waals surface area contributed by atoms with E-state index in [-0.39, 0.29) is 6.04 Å². The molecule has 0 aliphatic carbocycles. The Labute approximate surface area is 150 Å². The summed E-state index contributed by atoms with van der Waals surface area (Å²) in [5.41, 5.74) is 1.61. The highest BCUT2D eigenvalue weighted by atomic mass is 35.5. The number of halogens is 1. The molecule has 130 valence electrons. The number of hydrogen-bond acceptors (Lipinski definition) is 5. The van der Waals surface area contributed by atoms with Crippen molar-refractivity contribution in [3.63, 3.8) is 0 Å². The predicted molar refractivity (Wildman–Crippen MR) is 92.1 cm³/mol. The van der Waals surface area contributed by atoms with Crippen LogP contribution in [0.15, 0.2) is 52.2 Å². The second-order valence-corrected chi connectivity index (χ2v) is 6.16. The minimum atomic E-state index is -0.928. The number of nitrogens with zero attached hydrogens (tertiary/aromatic N) is 2. The fourth-order valence-corrected chi connectivity index (χ4v) is 2.84. The summed E-state index contributed by atoms with van der Waals surface area (Å²) in [7, 11) is 0. The maximum atomic E-state index is 12.7. The number of benzene rings is 1. The van der Waals surface area contributed by atoms with Crippen LogP contribution in [-0.2, 0) is 14.3 Å². The lowest BCUT2D eigenvalue weighted by molar-refractivity contribution is -0.158. The van der Waals surface area contributed by atoms with Crippen LogP contribution in [0.4, 0.5) is 0 Å². The van der Waals surface area contributed by atoms with E-state index in [9.17, 15) is 9.59 Å². The third-order valence-corrected chi connectivity index (χ3v) is 4.13. The van der Waals surface area contributed by atoms with Crippen molar-refractivity contribution in [3.8, 4) is 0 Å². The molecule has 0 saturated heterocycles. The van der Waals surface area contributed by atoms with Gasteiger partial charge in [0, 0.05) is 18.4 Å². The summed E-state index contributed by atoms with van der Waals surface area (Å²) < 4.78 is 10.5. The van der Waals surface area contributed by atoms with Crippen molar-refractivity contribution >= 4 is 29.2 Å². The van der Waals surface area contributed by atoms with Crippen molar-refractivity contribution in [2.75, 3.05) is 0 Å². The van der Waals surface area contributed by atoms with E-state index in [1.54, 1.807) is 30.5 Å². The first-order valence-electron chi connectivity index (χ1n) is 7.83. The summed E-state index contributed by atoms with van der Waals surface area (Å²) in [6.07, 6.45) is 1.12. The standard InChI is InChI=1S/C18H17ClN2O4/c1-11(25-12(2)22)18(23)21-16(17-4-3-9-24-17)10-15(20-21)13-5-7-14(19)8-6-13/h3-9,11,16H,10H2,1-2H3/t11-,16-/m1/s1. The number of esters is 1. The fraction of sp³-hybridized carbons (Fsp3) is 0.278. The number of furan rings is 1. The van der Waals surface area contributed by atoms with E-state index in [2.05, 4.69) is 5.10 Å². The number of hydrazone groups is 1. The average molecular weight is 361 g/mol. The SMILES string of the molecule is CC(=O)O[C@H](C)C(=O)N1N=C(c2ccc(Cl)cc2)C[C@@H]1c1ccco1. The number of carbonyl (C=O) groups is 2. The largest absolute Gasteiger partial charge is 0.467 e. The zero-order valence-corrected chi connectivity index (χ0v) is 14.6. The van der Waals surface area contributed by atoms with Gasteiger partial charge in [0.25, 0.3) is 5.91 Å². The summed E-state index contributed by atoms with van der Waals surface area (Å²) in [5, 5.41) is 6.42. The molecule has 0 saturated carbocycles. The Morgan fingerprint density at radius 1 is 1.32 bits per heavy atom. The Bertz CT molecular complexity index is 799. The lowest BCUT2D eigenvalue weighted by Crippen LogP contribution is -2.36. The van der Waals surface area contributed by atoms with E-state index >= 15 is 0 Å². The zero-order chi connectivity index (χ0) is 18.0. The Kier molecular flexibility index (Phi) is 4.90. The molecule has 0 bridgehead atoms. The van der Waals surface area contributed by atoms with Crippen LogP contribution in [0.3, 0.4) is 0 Å². The molecular weight excluding hydrogens is 344 g/mol. The normalized spacial score (nSPS) is 18.0. The Hall–Kier alpha value is -2.60. The second-order valence-electron chi connectivity index (χ2n) is 5.72. The number of hydrogen-bond donors (Lipinski definition) is 0. The van der Waals surface area contributed by atoms with Gasteiger partial charge in [-0.2, -0.15) is 5.10 Å². The highest BCUT2D eigenvalue weighted by Crippen LogP contribution is 2.33. The molecule has 7 heteroatoms. The van der Waals surface area contributed by atoms with Crippen LogP contribution in [0.1, 0.15) is 37.6 Å². The van der Waals surface area contributed by atoms with Gasteiger partial charge in [-0.1, -0.05) is 23.7 Å². The third kappa shape index (κ3) is 3.74. The van der Waals surface area contributed by atoms with E-state index in [0.29, 0.717) is 17.2 Å². The summed E-state index contributed by atoms with van der Waals surface area (Å²) >= 11 is 5.93. The average Bonchev–Trinajstić information content (AvgIpc) is 3.23. The smallest absolute Gasteiger partial charge is 0.303 e. The molecule has 1 aromatic heterocycles. The molecule has 3 rings (SSSR count). The molecule has 2 heterocycles. The van der Waals surface area contributed by atoms with Crippen LogP contribution in [0.25, 0.3) is 0 Å². The third-order valence-electron chi connectivity index (χ3n) is 3.88. The lowest BCUT2D eigenvalue weighted by atomic mass is 10.0. The molecule has 6 nitrogen and oxygen atoms in total. The van der Waals surface area contributed by atoms with E-state index in [1.165, 1.54) is 18.9 Å². The van der Waals surface area contributed by atoms with Crippen LogP contribution in [0.2, 0.25) is 5.02 Å². The molecule has 0 N–H and O–H groups in total. The van der Waals surface area contributed by atoms with Crippen molar-refractivity contribution in [2.24, 2.45) is 5.10 Å². The van der Waals surface area contributed by atoms with Crippen LogP contribution in [0.5, 0.6) is 0 Å². The summed E-state index contributed by atoms with van der Waals surface area (Å²) in [4.78, 5) is 23.8. The molecule has 1 aliphatic rings. The molecule has 2 aromatic rings. The van der Waals surface area contributed by atoms with Crippen LogP contribution in [0, 0.1) is 0 Å². The van der Waals surface area contributed by atoms with Gasteiger partial charge in [0.05, 0.1) is 12.0 Å². The number of carbonyl (C=O) groups excluding carboxylic acids is 2. The molecule has 25 heavy (non-hydrogen) atoms. The number of amides is 1. The molecular formula is C18H17ClN2O4. The highest BCUT2D eigenvalue weighted by molar-refractivity contribution is 6.30. The molecule has 0 radical (unpaired) electrons. The highest BCUT2D eigenvalue weighted by Gasteiger charge is 2.37. The number of rotatable bonds is 4. The van der Waals surface area contributed by atoms with E-state index in [1.807, 2.05) is 12.1 Å². The molecule has 1 aliphatic heterocycles. The van der Waals surface area contributed by atoms with Crippen molar-refractivity contribution in [3.05, 3.63) is 59.0 Å². The minimum absolute atomic E-state index is 0.383. The van der Waals surface area contributed by atoms with Gasteiger partial charge < -0.3 is 9.15 Å². The van der Waals surface area contributed by atoms with Crippen molar-refractivity contribution in [1.82, 2.24) is 5.01 Å². The molecule has 1 aromatic carbocycles. The van der Waals surface area contributed by atoms with Gasteiger partial charge in [0.1, 0.15) is 11.8 Å². The van der Waals surface area contributed by atoms with Gasteiger partial charge in [0.15, 0.2) is 6.10 Å². The first kappa shape index (κ1) is 17.2. The van der Waals surface area contributed by atoms with E-state index < -0.39 is 18.0 Å². The zero-order valence-electron chi connectivity index (χ0n) is 13.8. The number of ether oxygens (including phenoxy) is 1. The first-order valence-corrected chi connectivity index (χ1v) is 8.20. The monoisotopic (exact) mass is 360 g/mol. The predicted octanol–water partition coefficient (Wildman–Crippen LogP) is 3.56. The molecule has 0 fully saturated rings. The minimum Gasteiger partial charge on any atom is -0.467 e. The van der Waals surface area contributed by atoms with E-state index in [0.717, 1.165) is 11.3 Å². The Morgan fingerprint density at radius 3 is 2.64 bits per heavy atom. The van der Waals surface area contributed by atoms with Crippen LogP contribution in [-0.4, -0.2) is 28.7 Å². The van der Waals surface area contributed by atoms with Crippen molar-refractivity contribution < 1.29 is 18.7 Å². The van der Waals surface area contributed by atoms with Crippen molar-refractivity contribution in [1.29, 1.82) is 0 Å². The molecule has 2 atom stereocenters. The van der Waals surface area contributed by atoms with Crippen LogP contribution < -0.4 is 0 Å². The molecule has 0 spiro atoms. The summed E-state index contributed by atoms with van der Waals surface area (Å²) in [5.74, 6) is -0.298. The fourth-order valence-electron chi connectivity index (χ4n) is 2.72. The van der Waals surface area contributed by atoms with Gasteiger partial charge in [-0.15, -0.1) is 0 Å². The van der Waals surface area contributed by atoms with Crippen molar-refractivity contribution in [2.45, 2.75) is 32.4 Å². The van der Waals surface area contributed by atoms with Gasteiger partial charge in [-0.25, -0.2) is 5.01 Å². The van der Waals surface area contributed by atoms with Gasteiger partial charge in [-0.3, -0.25) is 9.59 Å². The Morgan fingerprint density at radius 2 is 2.04 bits per heavy atom. The topological polar surface area (TPSA) is 72.1 Å². The Balaban J connectivity index is 1.91. The van der Waals surface area contributed by atoms with Gasteiger partial charge in [-0.05, 0) is 36.8 Å². The molecule has 0 unspecified atom stereocenters. The summed E-state index contributed by atoms with van der Waals surface area (Å²) in [6.45, 7) is 2.79. The molecule has 1 amide bonds. The first-order chi connectivity index (χ1) is 12.0. The van der Waals surface area contributed by atoms with Crippen LogP contribution >= 0.6 is 11.6 Å². The van der Waals surface area contributed by atoms with Gasteiger partial charge in [0.2, 0.25) is 0 Å². The maximum absolute atomic E-state index is 12.7. The van der Waals surface area contributed by atoms with Gasteiger partial charge >= 0.3 is 5.97 Å². The maximum Gasteiger partial charge on any atom is 0.303 e. The van der Waals surface area contributed by atoms with E-state index in [4.69, 9.17) is 20.8 Å². The summed E-state index contributed by atoms with van der Waals surface area (Å²) in [6, 6.07) is 10.4.